The van der Waals surface area contributed by atoms with Crippen LogP contribution in [0.15, 0.2) is 70.4 Å². The molecule has 0 spiro atoms. The molecule has 39 heavy (non-hydrogen) atoms. The Bertz CT molecular complexity index is 1490. The molecular weight excluding hydrogens is 501 g/mol. The minimum atomic E-state index is -0.550. The van der Waals surface area contributed by atoms with Crippen molar-refractivity contribution in [3.05, 3.63) is 83.1 Å². The van der Waals surface area contributed by atoms with Gasteiger partial charge in [0.1, 0.15) is 11.3 Å². The van der Waals surface area contributed by atoms with E-state index in [4.69, 9.17) is 24.4 Å². The van der Waals surface area contributed by atoms with Crippen molar-refractivity contribution >= 4 is 22.6 Å². The quantitative estimate of drug-likeness (QED) is 0.415. The van der Waals surface area contributed by atoms with E-state index in [1.54, 1.807) is 50.6 Å². The highest BCUT2D eigenvalue weighted by Crippen LogP contribution is 2.37. The van der Waals surface area contributed by atoms with Crippen LogP contribution in [0, 0.1) is 5.82 Å². The summed E-state index contributed by atoms with van der Waals surface area (Å²) < 4.78 is 38.0. The molecule has 2 aliphatic rings. The van der Waals surface area contributed by atoms with Crippen molar-refractivity contribution in [3.63, 3.8) is 0 Å². The zero-order chi connectivity index (χ0) is 27.5. The fourth-order valence-electron chi connectivity index (χ4n) is 5.19. The molecule has 5 rings (SSSR count). The normalized spacial score (nSPS) is 19.7. The molecule has 1 fully saturated rings. The van der Waals surface area contributed by atoms with Gasteiger partial charge in [-0.05, 0) is 49.1 Å². The Hall–Kier alpha value is -4.11. The van der Waals surface area contributed by atoms with Crippen LogP contribution < -0.4 is 11.1 Å². The maximum absolute atomic E-state index is 15.3. The van der Waals surface area contributed by atoms with Crippen molar-refractivity contribution in [2.24, 2.45) is 5.73 Å². The highest BCUT2D eigenvalue weighted by atomic mass is 19.1. The summed E-state index contributed by atoms with van der Waals surface area (Å²) in [6.07, 6.45) is 9.13. The average molecular weight is 534 g/mol. The van der Waals surface area contributed by atoms with Crippen LogP contribution in [0.25, 0.3) is 27.8 Å². The second-order valence-electron chi connectivity index (χ2n) is 9.66. The second-order valence-corrected chi connectivity index (χ2v) is 9.66. The van der Waals surface area contributed by atoms with E-state index in [-0.39, 0.29) is 29.1 Å². The van der Waals surface area contributed by atoms with E-state index in [0.717, 1.165) is 31.3 Å². The fraction of sp³-hybridized carbons (Fsp3) is 0.333. The summed E-state index contributed by atoms with van der Waals surface area (Å²) in [6, 6.07) is 8.48. The smallest absolute Gasteiger partial charge is 0.251 e. The fourth-order valence-corrected chi connectivity index (χ4v) is 5.19. The third-order valence-corrected chi connectivity index (χ3v) is 7.27. The number of nitrogens with zero attached hydrogens (tertiary/aromatic N) is 1. The summed E-state index contributed by atoms with van der Waals surface area (Å²) in [7, 11) is 4.64. The van der Waals surface area contributed by atoms with Gasteiger partial charge in [0.2, 0.25) is 5.76 Å². The van der Waals surface area contributed by atoms with Gasteiger partial charge in [-0.3, -0.25) is 4.79 Å². The molecule has 2 atom stereocenters. The SMILES string of the molecule is COC1=CCC(c2cc3ncc(F)c(-c4cccc(C(=O)NC5CCCCC5N)c4)c3o2)=CC(OC)=C1OC. The van der Waals surface area contributed by atoms with Gasteiger partial charge in [-0.15, -0.1) is 0 Å². The molecule has 3 N–H and O–H groups in total. The molecule has 3 aromatic rings. The number of nitrogens with two attached hydrogens (primary N) is 1. The Morgan fingerprint density at radius 1 is 1.13 bits per heavy atom. The van der Waals surface area contributed by atoms with E-state index in [1.807, 2.05) is 6.08 Å². The molecule has 0 aliphatic heterocycles. The number of fused-ring (bicyclic) bond motifs is 1. The van der Waals surface area contributed by atoms with Crippen molar-refractivity contribution < 1.29 is 27.8 Å². The Morgan fingerprint density at radius 3 is 2.69 bits per heavy atom. The number of rotatable bonds is 7. The lowest BCUT2D eigenvalue weighted by Crippen LogP contribution is -2.49. The van der Waals surface area contributed by atoms with Crippen molar-refractivity contribution in [1.29, 1.82) is 0 Å². The molecule has 2 aromatic heterocycles. The Morgan fingerprint density at radius 2 is 1.95 bits per heavy atom. The summed E-state index contributed by atoms with van der Waals surface area (Å²) in [6.45, 7) is 0. The van der Waals surface area contributed by atoms with E-state index < -0.39 is 5.82 Å². The van der Waals surface area contributed by atoms with E-state index in [9.17, 15) is 4.79 Å². The van der Waals surface area contributed by atoms with Crippen LogP contribution in [-0.2, 0) is 14.2 Å². The first-order chi connectivity index (χ1) is 18.9. The molecule has 8 nitrogen and oxygen atoms in total. The number of carbonyl (C=O) groups excluding carboxylic acids is 1. The highest BCUT2D eigenvalue weighted by Gasteiger charge is 2.25. The molecule has 0 bridgehead atoms. The number of nitrogens with one attached hydrogen (secondary N) is 1. The molecule has 2 heterocycles. The number of pyridine rings is 1. The number of benzene rings is 1. The maximum Gasteiger partial charge on any atom is 0.251 e. The van der Waals surface area contributed by atoms with E-state index in [0.29, 0.717) is 46.1 Å². The summed E-state index contributed by atoms with van der Waals surface area (Å²) >= 11 is 0. The van der Waals surface area contributed by atoms with Crippen molar-refractivity contribution in [1.82, 2.24) is 10.3 Å². The molecule has 1 aromatic carbocycles. The van der Waals surface area contributed by atoms with Crippen LogP contribution in [0.4, 0.5) is 4.39 Å². The number of methoxy groups -OCH3 is 3. The van der Waals surface area contributed by atoms with Crippen molar-refractivity contribution in [3.8, 4) is 11.1 Å². The number of furan rings is 1. The van der Waals surface area contributed by atoms with Gasteiger partial charge >= 0.3 is 0 Å². The van der Waals surface area contributed by atoms with Crippen LogP contribution in [0.1, 0.15) is 48.2 Å². The van der Waals surface area contributed by atoms with E-state index >= 15 is 4.39 Å². The number of hydrogen-bond acceptors (Lipinski definition) is 7. The zero-order valence-corrected chi connectivity index (χ0v) is 22.3. The molecular formula is C30H32FN3O5. The van der Waals surface area contributed by atoms with Gasteiger partial charge in [0, 0.05) is 29.3 Å². The van der Waals surface area contributed by atoms with Gasteiger partial charge < -0.3 is 29.7 Å². The molecule has 0 saturated heterocycles. The molecule has 1 amide bonds. The number of hydrogen-bond donors (Lipinski definition) is 2. The van der Waals surface area contributed by atoms with Gasteiger partial charge in [0.15, 0.2) is 22.9 Å². The third-order valence-electron chi connectivity index (χ3n) is 7.27. The largest absolute Gasteiger partial charge is 0.493 e. The third kappa shape index (κ3) is 5.27. The lowest BCUT2D eigenvalue weighted by atomic mass is 9.91. The molecule has 9 heteroatoms. The van der Waals surface area contributed by atoms with Gasteiger partial charge in [-0.1, -0.05) is 25.0 Å². The number of aromatic nitrogens is 1. The van der Waals surface area contributed by atoms with E-state index in [1.165, 1.54) is 13.3 Å². The number of allylic oxidation sites excluding steroid dienone is 3. The summed E-state index contributed by atoms with van der Waals surface area (Å²) in [5, 5.41) is 3.05. The first kappa shape index (κ1) is 26.5. The van der Waals surface area contributed by atoms with Gasteiger partial charge in [0.25, 0.3) is 5.91 Å². The van der Waals surface area contributed by atoms with Crippen molar-refractivity contribution in [2.45, 2.75) is 44.2 Å². The molecule has 204 valence electrons. The summed E-state index contributed by atoms with van der Waals surface area (Å²) in [5.74, 6) is 1.18. The van der Waals surface area contributed by atoms with Crippen LogP contribution in [-0.4, -0.2) is 44.3 Å². The second kappa shape index (κ2) is 11.3. The van der Waals surface area contributed by atoms with Gasteiger partial charge in [-0.2, -0.15) is 0 Å². The average Bonchev–Trinajstić information content (AvgIpc) is 3.29. The predicted molar refractivity (Wildman–Crippen MR) is 146 cm³/mol. The van der Waals surface area contributed by atoms with Crippen LogP contribution >= 0.6 is 0 Å². The number of amides is 1. The Balaban J connectivity index is 1.51. The molecule has 2 unspecified atom stereocenters. The lowest BCUT2D eigenvalue weighted by molar-refractivity contribution is 0.0921. The van der Waals surface area contributed by atoms with Crippen LogP contribution in [0.2, 0.25) is 0 Å². The van der Waals surface area contributed by atoms with E-state index in [2.05, 4.69) is 10.3 Å². The number of halogens is 1. The van der Waals surface area contributed by atoms with Crippen LogP contribution in [0.5, 0.6) is 0 Å². The predicted octanol–water partition coefficient (Wildman–Crippen LogP) is 5.46. The minimum Gasteiger partial charge on any atom is -0.493 e. The van der Waals surface area contributed by atoms with Gasteiger partial charge in [0.05, 0.1) is 33.1 Å². The topological polar surface area (TPSA) is 109 Å². The summed E-state index contributed by atoms with van der Waals surface area (Å²) in [5.41, 5.74) is 8.93. The molecule has 0 radical (unpaired) electrons. The van der Waals surface area contributed by atoms with Crippen molar-refractivity contribution in [2.75, 3.05) is 21.3 Å². The Labute approximate surface area is 226 Å². The molecule has 1 saturated carbocycles. The lowest BCUT2D eigenvalue weighted by Gasteiger charge is -2.29. The summed E-state index contributed by atoms with van der Waals surface area (Å²) in [4.78, 5) is 17.3. The minimum absolute atomic E-state index is 0.0637. The number of carbonyl (C=O) groups is 1. The first-order valence-electron chi connectivity index (χ1n) is 13.0. The standard InChI is InChI=1S/C30H32FN3O5/c1-36-24-12-11-17(14-26(37-2)29(24)38-3)25-15-23-28(39-25)27(20(31)16-33-23)18-7-6-8-19(13-18)30(35)34-22-10-5-4-9-21(22)32/h6-8,12-16,21-22H,4-5,9-11,32H2,1-3H3,(H,34,35). The maximum atomic E-state index is 15.3. The molecule has 2 aliphatic carbocycles. The Kier molecular flexibility index (Phi) is 7.70. The highest BCUT2D eigenvalue weighted by molar-refractivity contribution is 5.98. The number of ether oxygens (including phenoxy) is 3. The first-order valence-corrected chi connectivity index (χ1v) is 13.0. The monoisotopic (exact) mass is 533 g/mol. The zero-order valence-electron chi connectivity index (χ0n) is 22.3. The van der Waals surface area contributed by atoms with Gasteiger partial charge in [-0.25, -0.2) is 9.37 Å². The van der Waals surface area contributed by atoms with Crippen LogP contribution in [0.3, 0.4) is 0 Å².